The van der Waals surface area contributed by atoms with Gasteiger partial charge in [-0.25, -0.2) is 14.0 Å². The number of carboxylic acids is 1. The van der Waals surface area contributed by atoms with Crippen LogP contribution in [-0.4, -0.2) is 46.3 Å². The molecule has 2 heterocycles. The molecule has 12 heteroatoms. The number of halogens is 5. The van der Waals surface area contributed by atoms with E-state index in [4.69, 9.17) is 25.9 Å². The molecule has 1 aliphatic heterocycles. The van der Waals surface area contributed by atoms with E-state index in [1.54, 1.807) is 12.1 Å². The lowest BCUT2D eigenvalue weighted by atomic mass is 10.0. The van der Waals surface area contributed by atoms with E-state index in [9.17, 15) is 22.4 Å². The van der Waals surface area contributed by atoms with E-state index < -0.39 is 17.9 Å². The molecule has 1 fully saturated rings. The molecule has 0 atom stereocenters. The maximum absolute atomic E-state index is 14.0. The van der Waals surface area contributed by atoms with Crippen LogP contribution in [0, 0.1) is 5.82 Å². The summed E-state index contributed by atoms with van der Waals surface area (Å²) in [5.74, 6) is -3.44. The number of hydrogen-bond donors (Lipinski definition) is 3. The lowest BCUT2D eigenvalue weighted by Crippen LogP contribution is -2.42. The number of benzene rings is 2. The van der Waals surface area contributed by atoms with E-state index >= 15 is 0 Å². The van der Waals surface area contributed by atoms with Crippen LogP contribution in [0.4, 0.5) is 17.6 Å². The molecule has 1 saturated heterocycles. The van der Waals surface area contributed by atoms with Crippen molar-refractivity contribution in [3.63, 3.8) is 0 Å². The summed E-state index contributed by atoms with van der Waals surface area (Å²) in [5, 5.41) is 11.2. The molecule has 0 spiro atoms. The number of para-hydroxylation sites is 1. The summed E-state index contributed by atoms with van der Waals surface area (Å²) in [6, 6.07) is 10.9. The maximum atomic E-state index is 14.0. The average Bonchev–Trinajstić information content (AvgIpc) is 3.16. The van der Waals surface area contributed by atoms with E-state index in [0.717, 1.165) is 37.0 Å². The van der Waals surface area contributed by atoms with Crippen LogP contribution >= 0.6 is 11.6 Å². The molecule has 0 unspecified atom stereocenters. The summed E-state index contributed by atoms with van der Waals surface area (Å²) < 4.78 is 50.9. The van der Waals surface area contributed by atoms with Gasteiger partial charge in [-0.05, 0) is 44.1 Å². The van der Waals surface area contributed by atoms with Crippen LogP contribution in [0.5, 0.6) is 0 Å². The van der Waals surface area contributed by atoms with Gasteiger partial charge in [-0.15, -0.1) is 0 Å². The molecule has 0 amide bonds. The normalized spacial score (nSPS) is 15.2. The van der Waals surface area contributed by atoms with Crippen LogP contribution in [0.25, 0.3) is 11.1 Å². The first kappa shape index (κ1) is 25.7. The smallest absolute Gasteiger partial charge is 0.475 e. The van der Waals surface area contributed by atoms with Crippen molar-refractivity contribution in [1.29, 1.82) is 0 Å². The van der Waals surface area contributed by atoms with Crippen molar-refractivity contribution in [3.05, 3.63) is 68.9 Å². The number of aliphatic carboxylic acids is 1. The minimum absolute atomic E-state index is 0.246. The van der Waals surface area contributed by atoms with Crippen molar-refractivity contribution < 1.29 is 31.9 Å². The highest BCUT2D eigenvalue weighted by Gasteiger charge is 2.38. The number of fused-ring (bicyclic) bond motifs is 1. The fourth-order valence-electron chi connectivity index (χ4n) is 3.63. The molecule has 0 bridgehead atoms. The number of aromatic nitrogens is 1. The van der Waals surface area contributed by atoms with Gasteiger partial charge in [-0.2, -0.15) is 13.2 Å². The number of nitrogens with zero attached hydrogens (tertiary/aromatic N) is 1. The van der Waals surface area contributed by atoms with Gasteiger partial charge in [0.2, 0.25) is 0 Å². The van der Waals surface area contributed by atoms with E-state index in [0.29, 0.717) is 35.3 Å². The topological polar surface area (TPSA) is 98.6 Å². The highest BCUT2D eigenvalue weighted by atomic mass is 35.5. The molecule has 3 N–H and O–H groups in total. The number of piperidine rings is 1. The van der Waals surface area contributed by atoms with E-state index in [-0.39, 0.29) is 5.82 Å². The summed E-state index contributed by atoms with van der Waals surface area (Å²) in [6.45, 7) is 2.94. The van der Waals surface area contributed by atoms with Gasteiger partial charge in [0.25, 0.3) is 0 Å². The zero-order chi connectivity index (χ0) is 24.9. The number of nitrogens with one attached hydrogen (secondary N) is 2. The molecule has 0 saturated carbocycles. The van der Waals surface area contributed by atoms with Crippen LogP contribution in [0.1, 0.15) is 24.0 Å². The lowest BCUT2D eigenvalue weighted by molar-refractivity contribution is -0.192. The number of carbonyl (C=O) groups is 1. The Balaban J connectivity index is 0.000000406. The monoisotopic (exact) mass is 503 g/mol. The summed E-state index contributed by atoms with van der Waals surface area (Å²) in [4.78, 5) is 25.2. The minimum atomic E-state index is -5.08. The molecule has 7 nitrogen and oxygen atoms in total. The molecule has 34 heavy (non-hydrogen) atoms. The first-order valence-electron chi connectivity index (χ1n) is 10.3. The van der Waals surface area contributed by atoms with Crippen molar-refractivity contribution in [1.82, 2.24) is 15.2 Å². The van der Waals surface area contributed by atoms with Crippen LogP contribution in [0.3, 0.4) is 0 Å². The highest BCUT2D eigenvalue weighted by Crippen LogP contribution is 2.23. The van der Waals surface area contributed by atoms with Gasteiger partial charge in [0.1, 0.15) is 5.82 Å². The summed E-state index contributed by atoms with van der Waals surface area (Å²) in [5.41, 5.74) is 2.86. The Kier molecular flexibility index (Phi) is 8.34. The SMILES string of the molecule is O=C(O)C(F)(F)F.O=c1[nH]c2cccc(CNC3CCN(Cc4c(F)cccc4Cl)CC3)c2o1. The number of hydrogen-bond acceptors (Lipinski definition) is 5. The molecule has 2 aromatic carbocycles. The molecule has 4 rings (SSSR count). The molecule has 3 aromatic rings. The molecular formula is C22H22ClF4N3O4. The predicted molar refractivity (Wildman–Crippen MR) is 117 cm³/mol. The zero-order valence-corrected chi connectivity index (χ0v) is 18.5. The van der Waals surface area contributed by atoms with Crippen molar-refractivity contribution in [2.75, 3.05) is 13.1 Å². The number of oxazole rings is 1. The van der Waals surface area contributed by atoms with Crippen LogP contribution < -0.4 is 11.1 Å². The third kappa shape index (κ3) is 6.81. The van der Waals surface area contributed by atoms with E-state index in [1.165, 1.54) is 6.07 Å². The quantitative estimate of drug-likeness (QED) is 0.449. The van der Waals surface area contributed by atoms with Crippen molar-refractivity contribution in [3.8, 4) is 0 Å². The van der Waals surface area contributed by atoms with Gasteiger partial charge >= 0.3 is 17.9 Å². The summed E-state index contributed by atoms with van der Waals surface area (Å²) in [6.07, 6.45) is -3.14. The number of H-pyrrole nitrogens is 1. The number of likely N-dealkylation sites (tertiary alicyclic amines) is 1. The average molecular weight is 504 g/mol. The fraction of sp³-hybridized carbons (Fsp3) is 0.364. The maximum Gasteiger partial charge on any atom is 0.490 e. The highest BCUT2D eigenvalue weighted by molar-refractivity contribution is 6.31. The van der Waals surface area contributed by atoms with Crippen molar-refractivity contribution >= 4 is 28.7 Å². The standard InChI is InChI=1S/C20H21ClFN3O2.C2HF3O2/c21-16-4-2-5-17(22)15(16)12-25-9-7-14(8-10-25)23-11-13-3-1-6-18-19(13)27-20(26)24-18;3-2(4,5)1(6)7/h1-6,14,23H,7-12H2,(H,24,26);(H,6,7). The van der Waals surface area contributed by atoms with Crippen molar-refractivity contribution in [2.45, 2.75) is 38.1 Å². The van der Waals surface area contributed by atoms with E-state index in [1.807, 2.05) is 18.2 Å². The van der Waals surface area contributed by atoms with Gasteiger partial charge in [-0.3, -0.25) is 9.88 Å². The van der Waals surface area contributed by atoms with Gasteiger partial charge in [-0.1, -0.05) is 29.8 Å². The second kappa shape index (κ2) is 11.0. The Labute approximate surface area is 196 Å². The largest absolute Gasteiger partial charge is 0.490 e. The Morgan fingerprint density at radius 2 is 1.85 bits per heavy atom. The molecular weight excluding hydrogens is 482 g/mol. The third-order valence-electron chi connectivity index (χ3n) is 5.38. The number of rotatable bonds is 5. The number of carboxylic acid groups (broad SMARTS) is 1. The van der Waals surface area contributed by atoms with Crippen molar-refractivity contribution in [2.24, 2.45) is 0 Å². The Hall–Kier alpha value is -2.89. The molecule has 184 valence electrons. The van der Waals surface area contributed by atoms with Gasteiger partial charge in [0, 0.05) is 35.3 Å². The summed E-state index contributed by atoms with van der Waals surface area (Å²) >= 11 is 6.13. The summed E-state index contributed by atoms with van der Waals surface area (Å²) in [7, 11) is 0. The first-order valence-corrected chi connectivity index (χ1v) is 10.7. The fourth-order valence-corrected chi connectivity index (χ4v) is 3.85. The molecule has 1 aliphatic rings. The second-order valence-corrected chi connectivity index (χ2v) is 8.15. The first-order chi connectivity index (χ1) is 16.0. The Morgan fingerprint density at radius 3 is 2.47 bits per heavy atom. The molecule has 1 aromatic heterocycles. The van der Waals surface area contributed by atoms with Crippen LogP contribution in [0.15, 0.2) is 45.6 Å². The Bertz CT molecular complexity index is 1170. The third-order valence-corrected chi connectivity index (χ3v) is 5.74. The number of alkyl halides is 3. The second-order valence-electron chi connectivity index (χ2n) is 7.74. The number of aromatic amines is 1. The van der Waals surface area contributed by atoms with Gasteiger partial charge in [0.05, 0.1) is 5.52 Å². The van der Waals surface area contributed by atoms with Gasteiger partial charge < -0.3 is 14.8 Å². The predicted octanol–water partition coefficient (Wildman–Crippen LogP) is 4.30. The zero-order valence-electron chi connectivity index (χ0n) is 17.8. The molecule has 0 radical (unpaired) electrons. The van der Waals surface area contributed by atoms with Gasteiger partial charge in [0.15, 0.2) is 5.58 Å². The van der Waals surface area contributed by atoms with Crippen LogP contribution in [-0.2, 0) is 17.9 Å². The lowest BCUT2D eigenvalue weighted by Gasteiger charge is -2.32. The minimum Gasteiger partial charge on any atom is -0.475 e. The van der Waals surface area contributed by atoms with Crippen LogP contribution in [0.2, 0.25) is 5.02 Å². The molecule has 0 aliphatic carbocycles. The Morgan fingerprint density at radius 1 is 1.21 bits per heavy atom. The van der Waals surface area contributed by atoms with E-state index in [2.05, 4.69) is 15.2 Å².